The third-order valence-electron chi connectivity index (χ3n) is 4.26. The number of nitrogens with one attached hydrogen (secondary N) is 2. The highest BCUT2D eigenvalue weighted by atomic mass is 16.5. The Bertz CT molecular complexity index is 1060. The van der Waals surface area contributed by atoms with Crippen molar-refractivity contribution in [3.05, 3.63) is 89.5 Å². The van der Waals surface area contributed by atoms with Crippen molar-refractivity contribution in [2.24, 2.45) is 0 Å². The average molecular weight is 388 g/mol. The van der Waals surface area contributed by atoms with Crippen molar-refractivity contribution in [3.8, 4) is 5.75 Å². The summed E-state index contributed by atoms with van der Waals surface area (Å²) < 4.78 is 5.15. The fraction of sp³-hybridized carbons (Fsp3) is 0.0870. The highest BCUT2D eigenvalue weighted by molar-refractivity contribution is 6.08. The fourth-order valence-electron chi connectivity index (χ4n) is 2.70. The molecule has 0 aliphatic heterocycles. The zero-order chi connectivity index (χ0) is 20.8. The number of Topliss-reactive ketones (excluding diaryl/α,β-unsaturated/α-hetero) is 1. The molecule has 3 aromatic carbocycles. The van der Waals surface area contributed by atoms with Gasteiger partial charge in [0, 0.05) is 34.1 Å². The maximum Gasteiger partial charge on any atom is 0.255 e. The van der Waals surface area contributed by atoms with E-state index < -0.39 is 0 Å². The van der Waals surface area contributed by atoms with Gasteiger partial charge in [-0.3, -0.25) is 14.4 Å². The maximum atomic E-state index is 12.5. The zero-order valence-electron chi connectivity index (χ0n) is 16.1. The number of carbonyl (C=O) groups is 3. The minimum Gasteiger partial charge on any atom is -0.497 e. The first-order valence-corrected chi connectivity index (χ1v) is 8.94. The summed E-state index contributed by atoms with van der Waals surface area (Å²) in [7, 11) is 1.55. The highest BCUT2D eigenvalue weighted by Crippen LogP contribution is 2.18. The van der Waals surface area contributed by atoms with Gasteiger partial charge in [-0.1, -0.05) is 12.1 Å². The summed E-state index contributed by atoms with van der Waals surface area (Å²) in [6.45, 7) is 1.48. The second-order valence-corrected chi connectivity index (χ2v) is 6.35. The number of benzene rings is 3. The van der Waals surface area contributed by atoms with Crippen LogP contribution in [0.15, 0.2) is 72.8 Å². The minimum atomic E-state index is -0.350. The molecule has 0 aromatic heterocycles. The van der Waals surface area contributed by atoms with Gasteiger partial charge in [0.2, 0.25) is 0 Å². The number of ketones is 1. The van der Waals surface area contributed by atoms with Gasteiger partial charge in [-0.2, -0.15) is 0 Å². The van der Waals surface area contributed by atoms with Gasteiger partial charge in [0.05, 0.1) is 7.11 Å². The molecule has 29 heavy (non-hydrogen) atoms. The van der Waals surface area contributed by atoms with E-state index in [1.165, 1.54) is 13.0 Å². The van der Waals surface area contributed by atoms with Crippen molar-refractivity contribution in [2.45, 2.75) is 6.92 Å². The van der Waals surface area contributed by atoms with Gasteiger partial charge in [0.25, 0.3) is 11.8 Å². The van der Waals surface area contributed by atoms with Crippen molar-refractivity contribution in [1.82, 2.24) is 0 Å². The first-order valence-electron chi connectivity index (χ1n) is 8.94. The molecule has 3 rings (SSSR count). The number of rotatable bonds is 6. The molecule has 3 aromatic rings. The van der Waals surface area contributed by atoms with Crippen LogP contribution in [0.1, 0.15) is 38.0 Å². The summed E-state index contributed by atoms with van der Waals surface area (Å²) in [6.07, 6.45) is 0. The van der Waals surface area contributed by atoms with Crippen LogP contribution in [0.2, 0.25) is 0 Å². The second kappa shape index (κ2) is 8.84. The van der Waals surface area contributed by atoms with Gasteiger partial charge in [0.1, 0.15) is 5.75 Å². The number of methoxy groups -OCH3 is 1. The largest absolute Gasteiger partial charge is 0.497 e. The summed E-state index contributed by atoms with van der Waals surface area (Å²) in [4.78, 5) is 36.4. The molecule has 0 heterocycles. The highest BCUT2D eigenvalue weighted by Gasteiger charge is 2.12. The molecule has 0 aliphatic carbocycles. The smallest absolute Gasteiger partial charge is 0.255 e. The van der Waals surface area contributed by atoms with E-state index in [9.17, 15) is 14.4 Å². The Labute approximate surface area is 168 Å². The summed E-state index contributed by atoms with van der Waals surface area (Å²) >= 11 is 0. The Morgan fingerprint density at radius 1 is 0.690 bits per heavy atom. The molecule has 0 aliphatic rings. The lowest BCUT2D eigenvalue weighted by Gasteiger charge is -2.09. The van der Waals surface area contributed by atoms with Gasteiger partial charge in [-0.25, -0.2) is 0 Å². The third-order valence-corrected chi connectivity index (χ3v) is 4.26. The monoisotopic (exact) mass is 388 g/mol. The van der Waals surface area contributed by atoms with Crippen LogP contribution in [0.25, 0.3) is 0 Å². The molecule has 2 amide bonds. The lowest BCUT2D eigenvalue weighted by atomic mass is 10.1. The van der Waals surface area contributed by atoms with Crippen LogP contribution in [0, 0.1) is 0 Å². The normalized spacial score (nSPS) is 10.1. The molecule has 0 atom stereocenters. The summed E-state index contributed by atoms with van der Waals surface area (Å²) in [5, 5.41) is 5.54. The average Bonchev–Trinajstić information content (AvgIpc) is 2.74. The molecule has 0 unspecified atom stereocenters. The molecule has 0 fully saturated rings. The van der Waals surface area contributed by atoms with Crippen molar-refractivity contribution >= 4 is 29.0 Å². The fourth-order valence-corrected chi connectivity index (χ4v) is 2.70. The summed E-state index contributed by atoms with van der Waals surface area (Å²) in [5.74, 6) is -0.0975. The molecule has 6 heteroatoms. The Morgan fingerprint density at radius 3 is 1.86 bits per heavy atom. The van der Waals surface area contributed by atoms with E-state index in [0.29, 0.717) is 33.8 Å². The van der Waals surface area contributed by atoms with Crippen LogP contribution in [-0.2, 0) is 0 Å². The van der Waals surface area contributed by atoms with Gasteiger partial charge >= 0.3 is 0 Å². The van der Waals surface area contributed by atoms with E-state index in [-0.39, 0.29) is 17.6 Å². The van der Waals surface area contributed by atoms with Gasteiger partial charge in [-0.05, 0) is 61.5 Å². The van der Waals surface area contributed by atoms with Crippen molar-refractivity contribution in [2.75, 3.05) is 17.7 Å². The standard InChI is InChI=1S/C23H20N2O4/c1-15(26)16-9-11-19(12-10-16)24-22(27)17-5-3-6-18(13-17)23(28)25-20-7-4-8-21(14-20)29-2/h3-14H,1-2H3,(H,24,27)(H,25,28). The van der Waals surface area contributed by atoms with Crippen LogP contribution in [0.4, 0.5) is 11.4 Å². The van der Waals surface area contributed by atoms with Crippen molar-refractivity contribution in [1.29, 1.82) is 0 Å². The van der Waals surface area contributed by atoms with Crippen molar-refractivity contribution in [3.63, 3.8) is 0 Å². The van der Waals surface area contributed by atoms with E-state index in [1.54, 1.807) is 73.8 Å². The lowest BCUT2D eigenvalue weighted by molar-refractivity contribution is 0.101. The second-order valence-electron chi connectivity index (χ2n) is 6.35. The molecule has 0 radical (unpaired) electrons. The molecular weight excluding hydrogens is 368 g/mol. The minimum absolute atomic E-state index is 0.0439. The van der Waals surface area contributed by atoms with Crippen LogP contribution >= 0.6 is 0 Å². The van der Waals surface area contributed by atoms with Gasteiger partial charge in [-0.15, -0.1) is 0 Å². The number of hydrogen-bond acceptors (Lipinski definition) is 4. The molecule has 0 saturated heterocycles. The Balaban J connectivity index is 1.71. The SMILES string of the molecule is COc1cccc(NC(=O)c2cccc(C(=O)Nc3ccc(C(C)=O)cc3)c2)c1. The summed E-state index contributed by atoms with van der Waals surface area (Å²) in [5.41, 5.74) is 2.42. The molecule has 0 saturated carbocycles. The number of amides is 2. The zero-order valence-corrected chi connectivity index (χ0v) is 16.1. The van der Waals surface area contributed by atoms with E-state index in [4.69, 9.17) is 4.74 Å². The molecule has 2 N–H and O–H groups in total. The Hall–Kier alpha value is -3.93. The van der Waals surface area contributed by atoms with E-state index in [1.807, 2.05) is 0 Å². The van der Waals surface area contributed by atoms with E-state index in [2.05, 4.69) is 10.6 Å². The third kappa shape index (κ3) is 5.07. The molecule has 6 nitrogen and oxygen atoms in total. The Kier molecular flexibility index (Phi) is 6.04. The van der Waals surface area contributed by atoms with Crippen LogP contribution in [0.3, 0.4) is 0 Å². The quantitative estimate of drug-likeness (QED) is 0.613. The van der Waals surface area contributed by atoms with Crippen LogP contribution in [-0.4, -0.2) is 24.7 Å². The first-order chi connectivity index (χ1) is 14.0. The van der Waals surface area contributed by atoms with E-state index >= 15 is 0 Å². The Morgan fingerprint density at radius 2 is 1.28 bits per heavy atom. The lowest BCUT2D eigenvalue weighted by Crippen LogP contribution is -2.15. The summed E-state index contributed by atoms with van der Waals surface area (Å²) in [6, 6.07) is 20.1. The molecule has 0 bridgehead atoms. The van der Waals surface area contributed by atoms with Crippen LogP contribution < -0.4 is 15.4 Å². The van der Waals surface area contributed by atoms with Crippen molar-refractivity contribution < 1.29 is 19.1 Å². The first kappa shape index (κ1) is 19.8. The molecular formula is C23H20N2O4. The topological polar surface area (TPSA) is 84.5 Å². The number of hydrogen-bond donors (Lipinski definition) is 2. The van der Waals surface area contributed by atoms with Crippen LogP contribution in [0.5, 0.6) is 5.75 Å². The van der Waals surface area contributed by atoms with Gasteiger partial charge in [0.15, 0.2) is 5.78 Å². The van der Waals surface area contributed by atoms with Gasteiger partial charge < -0.3 is 15.4 Å². The van der Waals surface area contributed by atoms with E-state index in [0.717, 1.165) is 0 Å². The number of anilines is 2. The predicted octanol–water partition coefficient (Wildman–Crippen LogP) is 4.40. The number of carbonyl (C=O) groups excluding carboxylic acids is 3. The maximum absolute atomic E-state index is 12.5. The molecule has 0 spiro atoms. The molecule has 146 valence electrons. The predicted molar refractivity (Wildman–Crippen MR) is 112 cm³/mol. The number of ether oxygens (including phenoxy) is 1.